The largest absolute Gasteiger partial charge is 0.313 e. The van der Waals surface area contributed by atoms with E-state index in [0.717, 1.165) is 13.1 Å². The number of hydrogen-bond donors (Lipinski definition) is 1. The van der Waals surface area contributed by atoms with E-state index in [1.54, 1.807) is 0 Å². The fraction of sp³-hybridized carbons (Fsp3) is 0.778. The van der Waals surface area contributed by atoms with Crippen LogP contribution in [0.5, 0.6) is 0 Å². The summed E-state index contributed by atoms with van der Waals surface area (Å²) in [6.45, 7) is 2.46. The van der Waals surface area contributed by atoms with Crippen molar-refractivity contribution in [3.63, 3.8) is 0 Å². The average molecular weight is 182 g/mol. The van der Waals surface area contributed by atoms with Crippen LogP contribution in [0.1, 0.15) is 12.8 Å². The number of nitrogens with one attached hydrogen (secondary N) is 1. The topological polar surface area (TPSA) is 49.4 Å². The molecule has 2 fully saturated rings. The zero-order valence-electron chi connectivity index (χ0n) is 7.53. The smallest absolute Gasteiger partial charge is 0.213 e. The van der Waals surface area contributed by atoms with E-state index in [0.29, 0.717) is 18.9 Å². The van der Waals surface area contributed by atoms with Crippen molar-refractivity contribution < 1.29 is 9.59 Å². The Labute approximate surface area is 77.3 Å². The Morgan fingerprint density at radius 1 is 1.46 bits per heavy atom. The number of nitrogens with zero attached hydrogens (tertiary/aromatic N) is 1. The van der Waals surface area contributed by atoms with Crippen molar-refractivity contribution in [1.29, 1.82) is 0 Å². The molecular formula is C9H14N2O2. The molecule has 0 amide bonds. The predicted octanol–water partition coefficient (Wildman–Crippen LogP) is -0.809. The third-order valence-corrected chi connectivity index (χ3v) is 2.75. The van der Waals surface area contributed by atoms with Crippen molar-refractivity contribution in [2.75, 3.05) is 19.6 Å². The maximum Gasteiger partial charge on any atom is 0.213 e. The van der Waals surface area contributed by atoms with Gasteiger partial charge < -0.3 is 5.32 Å². The molecule has 0 aromatic heterocycles. The molecule has 4 nitrogen and oxygen atoms in total. The molecule has 1 heterocycles. The molecule has 4 heteroatoms. The first-order valence-electron chi connectivity index (χ1n) is 4.78. The van der Waals surface area contributed by atoms with Gasteiger partial charge in [-0.05, 0) is 12.8 Å². The molecule has 1 atom stereocenters. The molecule has 1 saturated carbocycles. The lowest BCUT2D eigenvalue weighted by atomic mass is 10.1. The number of rotatable bonds is 3. The Hall–Kier alpha value is -0.740. The van der Waals surface area contributed by atoms with Crippen molar-refractivity contribution in [2.45, 2.75) is 24.9 Å². The summed E-state index contributed by atoms with van der Waals surface area (Å²) in [7, 11) is 0. The SMILES string of the molecule is O=CC(=O)C1CNCCN1C1CC1. The van der Waals surface area contributed by atoms with Crippen LogP contribution in [0, 0.1) is 0 Å². The van der Waals surface area contributed by atoms with Gasteiger partial charge in [-0.2, -0.15) is 0 Å². The highest BCUT2D eigenvalue weighted by molar-refractivity contribution is 6.27. The van der Waals surface area contributed by atoms with E-state index in [4.69, 9.17) is 0 Å². The van der Waals surface area contributed by atoms with E-state index in [2.05, 4.69) is 10.2 Å². The van der Waals surface area contributed by atoms with E-state index in [1.807, 2.05) is 0 Å². The Kier molecular flexibility index (Phi) is 2.42. The Morgan fingerprint density at radius 3 is 2.85 bits per heavy atom. The minimum atomic E-state index is -0.279. The van der Waals surface area contributed by atoms with Crippen LogP contribution in [0.25, 0.3) is 0 Å². The summed E-state index contributed by atoms with van der Waals surface area (Å²) < 4.78 is 0. The second-order valence-electron chi connectivity index (χ2n) is 3.71. The molecule has 0 aromatic rings. The minimum Gasteiger partial charge on any atom is -0.313 e. The van der Waals surface area contributed by atoms with Gasteiger partial charge in [0.05, 0.1) is 6.04 Å². The lowest BCUT2D eigenvalue weighted by molar-refractivity contribution is -0.134. The zero-order chi connectivity index (χ0) is 9.26. The molecule has 0 radical (unpaired) electrons. The molecule has 13 heavy (non-hydrogen) atoms. The van der Waals surface area contributed by atoms with Gasteiger partial charge in [-0.3, -0.25) is 14.5 Å². The van der Waals surface area contributed by atoms with Gasteiger partial charge in [0.25, 0.3) is 0 Å². The first-order valence-corrected chi connectivity index (χ1v) is 4.78. The quantitative estimate of drug-likeness (QED) is 0.458. The van der Waals surface area contributed by atoms with Crippen LogP contribution in [-0.2, 0) is 9.59 Å². The van der Waals surface area contributed by atoms with Crippen molar-refractivity contribution in [3.05, 3.63) is 0 Å². The van der Waals surface area contributed by atoms with Gasteiger partial charge >= 0.3 is 0 Å². The zero-order valence-corrected chi connectivity index (χ0v) is 7.53. The van der Waals surface area contributed by atoms with Gasteiger partial charge in [-0.25, -0.2) is 0 Å². The second-order valence-corrected chi connectivity index (χ2v) is 3.71. The van der Waals surface area contributed by atoms with Crippen LogP contribution >= 0.6 is 0 Å². The molecule has 1 aliphatic carbocycles. The van der Waals surface area contributed by atoms with Crippen molar-refractivity contribution in [3.8, 4) is 0 Å². The lowest BCUT2D eigenvalue weighted by Crippen LogP contribution is -2.55. The van der Waals surface area contributed by atoms with Crippen molar-refractivity contribution in [2.24, 2.45) is 0 Å². The molecule has 72 valence electrons. The molecule has 0 aromatic carbocycles. The summed E-state index contributed by atoms with van der Waals surface area (Å²) in [5, 5.41) is 3.14. The average Bonchev–Trinajstić information content (AvgIpc) is 3.00. The molecule has 1 N–H and O–H groups in total. The first-order chi connectivity index (χ1) is 6.33. The fourth-order valence-electron chi connectivity index (χ4n) is 1.91. The maximum absolute atomic E-state index is 11.3. The molecule has 1 unspecified atom stereocenters. The van der Waals surface area contributed by atoms with Gasteiger partial charge in [-0.15, -0.1) is 0 Å². The number of ketones is 1. The Morgan fingerprint density at radius 2 is 2.23 bits per heavy atom. The van der Waals surface area contributed by atoms with Crippen molar-refractivity contribution >= 4 is 12.1 Å². The third-order valence-electron chi connectivity index (χ3n) is 2.75. The number of carbonyl (C=O) groups is 2. The van der Waals surface area contributed by atoms with E-state index < -0.39 is 0 Å². The summed E-state index contributed by atoms with van der Waals surface area (Å²) in [6.07, 6.45) is 2.82. The first kappa shape index (κ1) is 8.84. The maximum atomic E-state index is 11.3. The lowest BCUT2D eigenvalue weighted by Gasteiger charge is -2.34. The van der Waals surface area contributed by atoms with Gasteiger partial charge in [0.15, 0.2) is 6.29 Å². The number of carbonyl (C=O) groups excluding carboxylic acids is 2. The van der Waals surface area contributed by atoms with Crippen LogP contribution in [0.15, 0.2) is 0 Å². The molecule has 1 aliphatic heterocycles. The highest BCUT2D eigenvalue weighted by Gasteiger charge is 2.38. The third kappa shape index (κ3) is 1.78. The summed E-state index contributed by atoms with van der Waals surface area (Å²) in [6, 6.07) is 0.370. The van der Waals surface area contributed by atoms with E-state index >= 15 is 0 Å². The molecule has 2 rings (SSSR count). The summed E-state index contributed by atoms with van der Waals surface area (Å²) in [5.74, 6) is -0.279. The predicted molar refractivity (Wildman–Crippen MR) is 47.5 cm³/mol. The Bertz CT molecular complexity index is 226. The molecule has 0 spiro atoms. The standard InChI is InChI=1S/C9H14N2O2/c12-6-9(13)8-5-10-3-4-11(8)7-1-2-7/h6-8,10H,1-5H2. The highest BCUT2D eigenvalue weighted by atomic mass is 16.2. The summed E-state index contributed by atoms with van der Waals surface area (Å²) >= 11 is 0. The van der Waals surface area contributed by atoms with Crippen LogP contribution in [-0.4, -0.2) is 48.7 Å². The van der Waals surface area contributed by atoms with E-state index in [9.17, 15) is 9.59 Å². The van der Waals surface area contributed by atoms with Crippen molar-refractivity contribution in [1.82, 2.24) is 10.2 Å². The summed E-state index contributed by atoms with van der Waals surface area (Å²) in [4.78, 5) is 23.8. The number of Topliss-reactive ketones (excluding diaryl/α,β-unsaturated/α-hetero) is 1. The van der Waals surface area contributed by atoms with Crippen LogP contribution in [0.4, 0.5) is 0 Å². The van der Waals surface area contributed by atoms with Gasteiger partial charge in [0, 0.05) is 25.7 Å². The van der Waals surface area contributed by atoms with Crippen LogP contribution in [0.3, 0.4) is 0 Å². The molecular weight excluding hydrogens is 168 g/mol. The normalized spacial score (nSPS) is 30.0. The Balaban J connectivity index is 2.03. The second kappa shape index (κ2) is 3.55. The van der Waals surface area contributed by atoms with E-state index in [-0.39, 0.29) is 11.8 Å². The number of piperazine rings is 1. The highest BCUT2D eigenvalue weighted by Crippen LogP contribution is 2.29. The number of aldehydes is 1. The monoisotopic (exact) mass is 182 g/mol. The van der Waals surface area contributed by atoms with Gasteiger partial charge in [0.2, 0.25) is 5.78 Å². The minimum absolute atomic E-state index is 0.196. The summed E-state index contributed by atoms with van der Waals surface area (Å²) in [5.41, 5.74) is 0. The van der Waals surface area contributed by atoms with Gasteiger partial charge in [-0.1, -0.05) is 0 Å². The molecule has 1 saturated heterocycles. The van der Waals surface area contributed by atoms with E-state index in [1.165, 1.54) is 12.8 Å². The van der Waals surface area contributed by atoms with Crippen LogP contribution < -0.4 is 5.32 Å². The molecule has 0 bridgehead atoms. The fourth-order valence-corrected chi connectivity index (χ4v) is 1.91. The number of hydrogen-bond acceptors (Lipinski definition) is 4. The van der Waals surface area contributed by atoms with Gasteiger partial charge in [0.1, 0.15) is 0 Å². The van der Waals surface area contributed by atoms with Crippen LogP contribution in [0.2, 0.25) is 0 Å². The molecule has 2 aliphatic rings.